The van der Waals surface area contributed by atoms with Gasteiger partial charge in [-0.25, -0.2) is 16.8 Å². The van der Waals surface area contributed by atoms with Gasteiger partial charge in [0.2, 0.25) is 9.84 Å². The summed E-state index contributed by atoms with van der Waals surface area (Å²) in [5, 5.41) is 3.33. The van der Waals surface area contributed by atoms with Crippen LogP contribution in [0.3, 0.4) is 0 Å². The molecule has 9 heteroatoms. The molecule has 1 aliphatic heterocycles. The van der Waals surface area contributed by atoms with Crippen LogP contribution in [0.2, 0.25) is 0 Å². The summed E-state index contributed by atoms with van der Waals surface area (Å²) in [5.41, 5.74) is 5.54. The van der Waals surface area contributed by atoms with Crippen LogP contribution in [0.1, 0.15) is 12.5 Å². The van der Waals surface area contributed by atoms with Crippen molar-refractivity contribution < 1.29 is 21.6 Å². The topological polar surface area (TPSA) is 87.4 Å². The number of para-hydroxylation sites is 5. The van der Waals surface area contributed by atoms with E-state index in [4.69, 9.17) is 4.74 Å². The fourth-order valence-electron chi connectivity index (χ4n) is 9.12. The molecule has 0 amide bonds. The van der Waals surface area contributed by atoms with Crippen LogP contribution in [-0.4, -0.2) is 36.8 Å². The second-order valence-electron chi connectivity index (χ2n) is 15.0. The van der Waals surface area contributed by atoms with Crippen molar-refractivity contribution in [1.82, 2.24) is 9.13 Å². The third-order valence-electron chi connectivity index (χ3n) is 11.8. The van der Waals surface area contributed by atoms with Gasteiger partial charge in [-0.15, -0.1) is 0 Å². The number of hydrogen-bond acceptors (Lipinski definition) is 5. The summed E-state index contributed by atoms with van der Waals surface area (Å²) in [4.78, 5) is 0.233. The lowest BCUT2D eigenvalue weighted by molar-refractivity contribution is 0.168. The molecule has 2 atom stereocenters. The van der Waals surface area contributed by atoms with Crippen LogP contribution >= 0.6 is 0 Å². The molecule has 2 unspecified atom stereocenters. The number of benzene rings is 7. The molecule has 58 heavy (non-hydrogen) atoms. The molecule has 0 saturated heterocycles. The van der Waals surface area contributed by atoms with Gasteiger partial charge in [0.25, 0.3) is 0 Å². The van der Waals surface area contributed by atoms with Gasteiger partial charge in [0, 0.05) is 44.1 Å². The van der Waals surface area contributed by atoms with E-state index in [1.807, 2.05) is 78.9 Å². The van der Waals surface area contributed by atoms with Crippen molar-refractivity contribution in [2.45, 2.75) is 32.5 Å². The van der Waals surface area contributed by atoms with E-state index in [1.165, 1.54) is 6.07 Å². The van der Waals surface area contributed by atoms with Gasteiger partial charge in [-0.3, -0.25) is 0 Å². The number of nitrogens with zero attached hydrogens (tertiary/aromatic N) is 2. The lowest BCUT2D eigenvalue weighted by atomic mass is 9.85. The van der Waals surface area contributed by atoms with Crippen molar-refractivity contribution in [3.05, 3.63) is 188 Å². The molecule has 282 valence electrons. The molecule has 9 aromatic rings. The Morgan fingerprint density at radius 2 is 0.966 bits per heavy atom. The minimum atomic E-state index is -4.10. The Morgan fingerprint density at radius 1 is 0.517 bits per heavy atom. The monoisotopic (exact) mass is 794 g/mol. The number of allylic oxidation sites excluding steroid dienone is 2. The van der Waals surface area contributed by atoms with Gasteiger partial charge in [-0.2, -0.15) is 0 Å². The Bertz CT molecular complexity index is 3360. The third-order valence-corrected chi connectivity index (χ3v) is 15.8. The summed E-state index contributed by atoms with van der Waals surface area (Å²) >= 11 is 0. The number of aromatic nitrogens is 2. The zero-order valence-corrected chi connectivity index (χ0v) is 32.8. The first-order valence-electron chi connectivity index (χ1n) is 19.0. The molecule has 0 saturated carbocycles. The van der Waals surface area contributed by atoms with Crippen molar-refractivity contribution in [2.24, 2.45) is 0 Å². The van der Waals surface area contributed by atoms with E-state index in [0.29, 0.717) is 11.1 Å². The highest BCUT2D eigenvalue weighted by Gasteiger charge is 2.53. The summed E-state index contributed by atoms with van der Waals surface area (Å²) in [5.74, 6) is 0.147. The van der Waals surface area contributed by atoms with Crippen molar-refractivity contribution in [1.29, 1.82) is 0 Å². The molecule has 0 spiro atoms. The highest BCUT2D eigenvalue weighted by molar-refractivity contribution is 7.92. The fourth-order valence-corrected chi connectivity index (χ4v) is 12.4. The minimum absolute atomic E-state index is 0.0159. The average Bonchev–Trinajstić information content (AvgIpc) is 3.88. The molecule has 7 nitrogen and oxygen atoms in total. The molecule has 3 heterocycles. The highest BCUT2D eigenvalue weighted by Crippen LogP contribution is 2.53. The van der Waals surface area contributed by atoms with Crippen molar-refractivity contribution in [2.75, 3.05) is 0 Å². The molecule has 0 radical (unpaired) electrons. The van der Waals surface area contributed by atoms with Crippen molar-refractivity contribution in [3.63, 3.8) is 0 Å². The first-order valence-corrected chi connectivity index (χ1v) is 22.1. The fraction of sp³-hybridized carbons (Fsp3) is 0.0612. The first kappa shape index (κ1) is 34.6. The Hall–Kier alpha value is -6.68. The van der Waals surface area contributed by atoms with Crippen LogP contribution in [0, 0.1) is 0 Å². The predicted molar refractivity (Wildman–Crippen MR) is 231 cm³/mol. The lowest BCUT2D eigenvalue weighted by Gasteiger charge is -2.34. The van der Waals surface area contributed by atoms with Crippen LogP contribution in [0.5, 0.6) is 5.75 Å². The van der Waals surface area contributed by atoms with Crippen LogP contribution < -0.4 is 4.74 Å². The first-order chi connectivity index (χ1) is 28.2. The molecular weight excluding hydrogens is 761 g/mol. The number of ether oxygens (including phenoxy) is 1. The van der Waals surface area contributed by atoms with Gasteiger partial charge in [0.15, 0.2) is 15.4 Å². The second kappa shape index (κ2) is 12.4. The van der Waals surface area contributed by atoms with Gasteiger partial charge >= 0.3 is 0 Å². The number of rotatable bonds is 6. The molecular formula is C49H34N2O5S2. The molecule has 0 fully saturated rings. The molecule has 11 rings (SSSR count). The zero-order chi connectivity index (χ0) is 39.4. The van der Waals surface area contributed by atoms with Crippen molar-refractivity contribution >= 4 is 68.9 Å². The van der Waals surface area contributed by atoms with Crippen LogP contribution in [-0.2, 0) is 19.7 Å². The molecule has 2 aliphatic rings. The van der Waals surface area contributed by atoms with E-state index in [-0.39, 0.29) is 20.4 Å². The smallest absolute Gasteiger partial charge is 0.210 e. The van der Waals surface area contributed by atoms with E-state index in [0.717, 1.165) is 55.0 Å². The lowest BCUT2D eigenvalue weighted by Crippen LogP contribution is -2.47. The predicted octanol–water partition coefficient (Wildman–Crippen LogP) is 10.7. The molecule has 2 aromatic heterocycles. The largest absolute Gasteiger partial charge is 0.479 e. The molecule has 0 bridgehead atoms. The minimum Gasteiger partial charge on any atom is -0.479 e. The van der Waals surface area contributed by atoms with E-state index in [1.54, 1.807) is 55.5 Å². The van der Waals surface area contributed by atoms with Crippen LogP contribution in [0.25, 0.3) is 60.6 Å². The Kier molecular flexibility index (Phi) is 7.39. The van der Waals surface area contributed by atoms with E-state index in [9.17, 15) is 16.8 Å². The highest BCUT2D eigenvalue weighted by atomic mass is 32.2. The van der Waals surface area contributed by atoms with Gasteiger partial charge in [-0.1, -0.05) is 103 Å². The van der Waals surface area contributed by atoms with E-state index in [2.05, 4.69) is 57.7 Å². The van der Waals surface area contributed by atoms with Gasteiger partial charge in [-0.05, 0) is 85.8 Å². The maximum Gasteiger partial charge on any atom is 0.210 e. The quantitative estimate of drug-likeness (QED) is 0.167. The zero-order valence-electron chi connectivity index (χ0n) is 31.2. The van der Waals surface area contributed by atoms with Crippen LogP contribution in [0.4, 0.5) is 0 Å². The van der Waals surface area contributed by atoms with E-state index >= 15 is 0 Å². The maximum atomic E-state index is 14.6. The molecule has 7 aromatic carbocycles. The maximum absolute atomic E-state index is 14.6. The standard InChI is InChI=1S/C49H34N2O5S2/c1-49-41(17-11-23-47(49)58(54,55)35-30-26-33(27-31-35)51-44-20-8-4-14-38(44)39-15-5-9-21-45(39)51)40-16-10-22-46(48(40)56-49)57(52,53)34-28-24-32(25-29-34)50-42-18-6-2-12-36(42)37-13-3-7-19-43(37)50/h2-31,47H,1H3. The second-order valence-corrected chi connectivity index (χ2v) is 19.0. The Balaban J connectivity index is 0.931. The number of fused-ring (bicyclic) bond motifs is 9. The SMILES string of the molecule is CC12Oc3c(cccc3S(=O)(=O)c3ccc(-n4c5ccccc5c5ccccc54)cc3)C1=CC=CC2S(=O)(=O)c1ccc(-n2c3ccccc3c3ccccc32)cc1. The normalized spacial score (nSPS) is 17.7. The summed E-state index contributed by atoms with van der Waals surface area (Å²) in [6, 6.07) is 51.5. The number of sulfone groups is 2. The van der Waals surface area contributed by atoms with Gasteiger partial charge in [0.05, 0.1) is 31.9 Å². The Morgan fingerprint density at radius 3 is 1.45 bits per heavy atom. The van der Waals surface area contributed by atoms with Crippen molar-refractivity contribution in [3.8, 4) is 17.1 Å². The summed E-state index contributed by atoms with van der Waals surface area (Å²) in [6.07, 6.45) is 5.17. The van der Waals surface area contributed by atoms with Crippen LogP contribution in [0.15, 0.2) is 197 Å². The average molecular weight is 795 g/mol. The summed E-state index contributed by atoms with van der Waals surface area (Å²) < 4.78 is 69.1. The molecule has 1 aliphatic carbocycles. The summed E-state index contributed by atoms with van der Waals surface area (Å²) in [7, 11) is -8.14. The molecule has 0 N–H and O–H groups in total. The Labute approximate surface area is 335 Å². The number of hydrogen-bond donors (Lipinski definition) is 0. The van der Waals surface area contributed by atoms with Gasteiger partial charge in [0.1, 0.15) is 15.9 Å². The van der Waals surface area contributed by atoms with E-state index < -0.39 is 30.5 Å². The van der Waals surface area contributed by atoms with Gasteiger partial charge < -0.3 is 13.9 Å². The third kappa shape index (κ3) is 4.84. The summed E-state index contributed by atoms with van der Waals surface area (Å²) in [6.45, 7) is 1.73.